The Balaban J connectivity index is 0.00000450. The van der Waals surface area contributed by atoms with Crippen molar-refractivity contribution in [3.05, 3.63) is 0 Å². The van der Waals surface area contributed by atoms with E-state index in [2.05, 4.69) is 10.2 Å². The first-order valence-electron chi connectivity index (χ1n) is 11.6. The molecule has 1 saturated heterocycles. The molecule has 1 aliphatic carbocycles. The summed E-state index contributed by atoms with van der Waals surface area (Å²) in [4.78, 5) is 27.2. The van der Waals surface area contributed by atoms with Crippen molar-refractivity contribution < 1.29 is 20.5 Å². The lowest BCUT2D eigenvalue weighted by atomic mass is 9.79. The SMILES string of the molecule is CC(C)OCCOCCNC(=O)C1CCN(C2CCC(C(=O)C(C)C)CC2)CC1.[HH]. The Kier molecular flexibility index (Phi) is 10.6. The molecule has 2 rings (SSSR count). The number of hydrogen-bond acceptors (Lipinski definition) is 5. The highest BCUT2D eigenvalue weighted by molar-refractivity contribution is 5.82. The zero-order valence-electron chi connectivity index (χ0n) is 19.0. The molecule has 6 heteroatoms. The molecule has 1 aliphatic heterocycles. The molecule has 1 N–H and O–H groups in total. The molecule has 0 unspecified atom stereocenters. The third-order valence-corrected chi connectivity index (χ3v) is 6.31. The second-order valence-electron chi connectivity index (χ2n) is 9.20. The number of Topliss-reactive ketones (excluding diaryl/α,β-unsaturated/α-hetero) is 1. The monoisotopic (exact) mass is 412 g/mol. The maximum atomic E-state index is 12.4. The second kappa shape index (κ2) is 12.7. The Morgan fingerprint density at radius 2 is 1.59 bits per heavy atom. The fraction of sp³-hybridized carbons (Fsp3) is 0.913. The van der Waals surface area contributed by atoms with Gasteiger partial charge >= 0.3 is 0 Å². The molecule has 0 bridgehead atoms. The van der Waals surface area contributed by atoms with Crippen LogP contribution in [0.15, 0.2) is 0 Å². The molecule has 170 valence electrons. The van der Waals surface area contributed by atoms with Gasteiger partial charge in [-0.15, -0.1) is 0 Å². The Bertz CT molecular complexity index is 499. The van der Waals surface area contributed by atoms with Crippen molar-refractivity contribution in [2.75, 3.05) is 39.5 Å². The van der Waals surface area contributed by atoms with Crippen molar-refractivity contribution >= 4 is 11.7 Å². The van der Waals surface area contributed by atoms with Crippen LogP contribution in [0.25, 0.3) is 0 Å². The number of ether oxygens (including phenoxy) is 2. The van der Waals surface area contributed by atoms with Gasteiger partial charge in [0.2, 0.25) is 5.91 Å². The molecule has 1 heterocycles. The van der Waals surface area contributed by atoms with Gasteiger partial charge in [0, 0.05) is 31.8 Å². The van der Waals surface area contributed by atoms with E-state index in [0.717, 1.165) is 51.6 Å². The van der Waals surface area contributed by atoms with E-state index in [1.807, 2.05) is 27.7 Å². The Morgan fingerprint density at radius 1 is 0.931 bits per heavy atom. The number of hydrogen-bond donors (Lipinski definition) is 1. The second-order valence-corrected chi connectivity index (χ2v) is 9.20. The standard InChI is InChI=1S/C23H42N2O4.H2/c1-17(2)22(26)19-5-7-21(8-6-19)25-12-9-20(10-13-25)23(27)24-11-14-28-15-16-29-18(3)4;/h17-21H,5-16H2,1-4H3,(H,24,27);1H. The van der Waals surface area contributed by atoms with Crippen molar-refractivity contribution in [3.63, 3.8) is 0 Å². The molecule has 2 fully saturated rings. The number of carbonyl (C=O) groups is 2. The van der Waals surface area contributed by atoms with Gasteiger partial charge < -0.3 is 19.7 Å². The van der Waals surface area contributed by atoms with Crippen LogP contribution in [0.4, 0.5) is 0 Å². The minimum absolute atomic E-state index is 0. The molecule has 0 aromatic carbocycles. The summed E-state index contributed by atoms with van der Waals surface area (Å²) in [5.74, 6) is 1.15. The summed E-state index contributed by atoms with van der Waals surface area (Å²) in [5.41, 5.74) is 0. The fourth-order valence-electron chi connectivity index (χ4n) is 4.56. The van der Waals surface area contributed by atoms with Crippen molar-refractivity contribution in [3.8, 4) is 0 Å². The summed E-state index contributed by atoms with van der Waals surface area (Å²) in [5, 5.41) is 3.01. The molecule has 0 spiro atoms. The summed E-state index contributed by atoms with van der Waals surface area (Å²) in [7, 11) is 0. The van der Waals surface area contributed by atoms with Gasteiger partial charge in [-0.3, -0.25) is 9.59 Å². The van der Waals surface area contributed by atoms with Gasteiger partial charge in [0.05, 0.1) is 25.9 Å². The van der Waals surface area contributed by atoms with E-state index in [0.29, 0.717) is 38.2 Å². The zero-order chi connectivity index (χ0) is 21.2. The summed E-state index contributed by atoms with van der Waals surface area (Å²) < 4.78 is 10.9. The van der Waals surface area contributed by atoms with E-state index < -0.39 is 0 Å². The number of carbonyl (C=O) groups excluding carboxylic acids is 2. The van der Waals surface area contributed by atoms with Crippen LogP contribution >= 0.6 is 0 Å². The average Bonchev–Trinajstić information content (AvgIpc) is 2.72. The van der Waals surface area contributed by atoms with Crippen LogP contribution in [0.2, 0.25) is 0 Å². The first-order chi connectivity index (χ1) is 13.9. The van der Waals surface area contributed by atoms with Crippen LogP contribution < -0.4 is 5.32 Å². The molecule has 29 heavy (non-hydrogen) atoms. The van der Waals surface area contributed by atoms with E-state index in [9.17, 15) is 9.59 Å². The highest BCUT2D eigenvalue weighted by Crippen LogP contribution is 2.32. The third kappa shape index (κ3) is 8.35. The first kappa shape index (κ1) is 24.3. The zero-order valence-corrected chi connectivity index (χ0v) is 19.0. The minimum Gasteiger partial charge on any atom is -0.377 e. The topological polar surface area (TPSA) is 67.9 Å². The number of likely N-dealkylation sites (tertiary alicyclic amines) is 1. The van der Waals surface area contributed by atoms with Crippen molar-refractivity contribution in [2.24, 2.45) is 17.8 Å². The van der Waals surface area contributed by atoms with Crippen LogP contribution in [-0.2, 0) is 19.1 Å². The molecule has 1 amide bonds. The number of rotatable bonds is 11. The highest BCUT2D eigenvalue weighted by Gasteiger charge is 2.33. The van der Waals surface area contributed by atoms with Gasteiger partial charge in [0.15, 0.2) is 0 Å². The number of nitrogens with zero attached hydrogens (tertiary/aromatic N) is 1. The van der Waals surface area contributed by atoms with Gasteiger partial charge in [0.25, 0.3) is 0 Å². The van der Waals surface area contributed by atoms with E-state index in [1.165, 1.54) is 0 Å². The molecule has 1 saturated carbocycles. The maximum Gasteiger partial charge on any atom is 0.223 e. The summed E-state index contributed by atoms with van der Waals surface area (Å²) in [6.45, 7) is 12.3. The molecule has 0 aromatic heterocycles. The van der Waals surface area contributed by atoms with Crippen molar-refractivity contribution in [1.82, 2.24) is 10.2 Å². The average molecular weight is 413 g/mol. The number of amides is 1. The highest BCUT2D eigenvalue weighted by atomic mass is 16.5. The van der Waals surface area contributed by atoms with Crippen LogP contribution in [0.1, 0.15) is 67.6 Å². The normalized spacial score (nSPS) is 24.2. The van der Waals surface area contributed by atoms with Crippen LogP contribution in [0.3, 0.4) is 0 Å². The maximum absolute atomic E-state index is 12.4. The molecule has 0 atom stereocenters. The quantitative estimate of drug-likeness (QED) is 0.528. The first-order valence-corrected chi connectivity index (χ1v) is 11.6. The van der Waals surface area contributed by atoms with Crippen molar-refractivity contribution in [1.29, 1.82) is 0 Å². The van der Waals surface area contributed by atoms with Gasteiger partial charge in [0.1, 0.15) is 5.78 Å². The van der Waals surface area contributed by atoms with Gasteiger partial charge in [-0.25, -0.2) is 0 Å². The molecule has 0 aromatic rings. The molecular formula is C23H44N2O4. The Hall–Kier alpha value is -0.980. The predicted molar refractivity (Wildman–Crippen MR) is 117 cm³/mol. The molecule has 6 nitrogen and oxygen atoms in total. The van der Waals surface area contributed by atoms with Crippen molar-refractivity contribution in [2.45, 2.75) is 78.4 Å². The number of nitrogens with one attached hydrogen (secondary N) is 1. The van der Waals surface area contributed by atoms with Gasteiger partial charge in [-0.05, 0) is 65.5 Å². The summed E-state index contributed by atoms with van der Waals surface area (Å²) in [6, 6.07) is 0.594. The van der Waals surface area contributed by atoms with E-state index >= 15 is 0 Å². The van der Waals surface area contributed by atoms with E-state index in [-0.39, 0.29) is 31.2 Å². The van der Waals surface area contributed by atoms with Gasteiger partial charge in [-0.2, -0.15) is 0 Å². The van der Waals surface area contributed by atoms with Gasteiger partial charge in [-0.1, -0.05) is 13.8 Å². The summed E-state index contributed by atoms with van der Waals surface area (Å²) >= 11 is 0. The lowest BCUT2D eigenvalue weighted by Crippen LogP contribution is -2.46. The number of piperidine rings is 1. The van der Waals surface area contributed by atoms with Crippen LogP contribution in [0, 0.1) is 17.8 Å². The summed E-state index contributed by atoms with van der Waals surface area (Å²) in [6.07, 6.45) is 6.39. The molecule has 2 aliphatic rings. The third-order valence-electron chi connectivity index (χ3n) is 6.31. The number of ketones is 1. The molecule has 0 radical (unpaired) electrons. The minimum atomic E-state index is 0. The Morgan fingerprint density at radius 3 is 2.17 bits per heavy atom. The van der Waals surface area contributed by atoms with Crippen LogP contribution in [0.5, 0.6) is 0 Å². The lowest BCUT2D eigenvalue weighted by Gasteiger charge is -2.40. The fourth-order valence-corrected chi connectivity index (χ4v) is 4.56. The predicted octanol–water partition coefficient (Wildman–Crippen LogP) is 3.29. The largest absolute Gasteiger partial charge is 0.377 e. The van der Waals surface area contributed by atoms with Crippen LogP contribution in [-0.4, -0.2) is 68.2 Å². The molecular weight excluding hydrogens is 368 g/mol. The van der Waals surface area contributed by atoms with E-state index in [4.69, 9.17) is 9.47 Å². The lowest BCUT2D eigenvalue weighted by molar-refractivity contribution is -0.128. The smallest absolute Gasteiger partial charge is 0.223 e. The Labute approximate surface area is 178 Å². The van der Waals surface area contributed by atoms with E-state index in [1.54, 1.807) is 0 Å².